The molecule has 1 fully saturated rings. The van der Waals surface area contributed by atoms with Crippen LogP contribution in [0.5, 0.6) is 0 Å². The van der Waals surface area contributed by atoms with E-state index in [2.05, 4.69) is 21.3 Å². The number of unbranched alkanes of at least 4 members (excludes halogenated alkanes) is 1. The third-order valence-electron chi connectivity index (χ3n) is 7.04. The molecule has 1 aliphatic rings. The lowest BCUT2D eigenvalue weighted by molar-refractivity contribution is -0.138. The van der Waals surface area contributed by atoms with E-state index in [0.717, 1.165) is 44.1 Å². The molecule has 0 aliphatic heterocycles. The van der Waals surface area contributed by atoms with E-state index in [1.165, 1.54) is 0 Å². The zero-order valence-electron chi connectivity index (χ0n) is 23.1. The van der Waals surface area contributed by atoms with Crippen LogP contribution in [0.1, 0.15) is 74.2 Å². The van der Waals surface area contributed by atoms with Crippen LogP contribution in [-0.4, -0.2) is 54.1 Å². The predicted octanol–water partition coefficient (Wildman–Crippen LogP) is 2.84. The highest BCUT2D eigenvalue weighted by molar-refractivity contribution is 6.37. The monoisotopic (exact) mass is 548 g/mol. The van der Waals surface area contributed by atoms with Gasteiger partial charge in [0.1, 0.15) is 12.1 Å². The number of hydrogen-bond acceptors (Lipinski definition) is 5. The van der Waals surface area contributed by atoms with Gasteiger partial charge in [-0.3, -0.25) is 24.0 Å². The number of benzene rings is 2. The second-order valence-corrected chi connectivity index (χ2v) is 10.2. The van der Waals surface area contributed by atoms with Crippen LogP contribution in [0.15, 0.2) is 60.7 Å². The molecule has 9 heteroatoms. The molecule has 3 rings (SSSR count). The van der Waals surface area contributed by atoms with Crippen LogP contribution in [0.2, 0.25) is 0 Å². The topological polar surface area (TPSA) is 133 Å². The van der Waals surface area contributed by atoms with Crippen molar-refractivity contribution in [3.63, 3.8) is 0 Å². The Morgan fingerprint density at radius 2 is 1.45 bits per heavy atom. The number of Topliss-reactive ketones (excluding diaryl/α,β-unsaturated/α-hetero) is 1. The summed E-state index contributed by atoms with van der Waals surface area (Å²) in [4.78, 5) is 64.0. The molecule has 2 atom stereocenters. The van der Waals surface area contributed by atoms with E-state index in [1.54, 1.807) is 30.3 Å². The molecular formula is C31H40N4O5. The van der Waals surface area contributed by atoms with Crippen LogP contribution in [0.25, 0.3) is 0 Å². The van der Waals surface area contributed by atoms with E-state index in [0.29, 0.717) is 18.4 Å². The van der Waals surface area contributed by atoms with Gasteiger partial charge in [-0.05, 0) is 37.0 Å². The van der Waals surface area contributed by atoms with Gasteiger partial charge in [-0.15, -0.1) is 0 Å². The first-order valence-corrected chi connectivity index (χ1v) is 14.2. The highest BCUT2D eigenvalue weighted by Gasteiger charge is 2.28. The Morgan fingerprint density at radius 1 is 0.800 bits per heavy atom. The Kier molecular flexibility index (Phi) is 12.3. The summed E-state index contributed by atoms with van der Waals surface area (Å²) in [5.41, 5.74) is 1.26. The number of carbonyl (C=O) groups excluding carboxylic acids is 5. The Hall–Kier alpha value is -4.01. The zero-order valence-corrected chi connectivity index (χ0v) is 23.1. The van der Waals surface area contributed by atoms with Gasteiger partial charge in [-0.2, -0.15) is 0 Å². The molecule has 1 saturated carbocycles. The normalized spacial score (nSPS) is 14.8. The molecule has 40 heavy (non-hydrogen) atoms. The number of hydrogen-bond donors (Lipinski definition) is 4. The van der Waals surface area contributed by atoms with Gasteiger partial charge in [-0.25, -0.2) is 0 Å². The summed E-state index contributed by atoms with van der Waals surface area (Å²) in [5, 5.41) is 10.8. The fraction of sp³-hybridized carbons (Fsp3) is 0.452. The molecule has 0 saturated heterocycles. The van der Waals surface area contributed by atoms with Gasteiger partial charge in [-0.1, -0.05) is 87.6 Å². The SMILES string of the molecule is CCCC[C@H](NC(=O)[C@H](Cc1ccccc1)NC(=O)c1ccccc1)C(=O)NCC(=O)C(=O)NC1CCCCC1. The number of amides is 4. The number of ketones is 1. The molecular weight excluding hydrogens is 508 g/mol. The summed E-state index contributed by atoms with van der Waals surface area (Å²) >= 11 is 0. The minimum Gasteiger partial charge on any atom is -0.347 e. The van der Waals surface area contributed by atoms with Gasteiger partial charge in [0.05, 0.1) is 6.54 Å². The predicted molar refractivity (Wildman–Crippen MR) is 152 cm³/mol. The summed E-state index contributed by atoms with van der Waals surface area (Å²) < 4.78 is 0. The van der Waals surface area contributed by atoms with Crippen molar-refractivity contribution < 1.29 is 24.0 Å². The van der Waals surface area contributed by atoms with Crippen LogP contribution in [0, 0.1) is 0 Å². The van der Waals surface area contributed by atoms with E-state index < -0.39 is 48.0 Å². The fourth-order valence-electron chi connectivity index (χ4n) is 4.72. The Balaban J connectivity index is 1.63. The highest BCUT2D eigenvalue weighted by Crippen LogP contribution is 2.17. The smallest absolute Gasteiger partial charge is 0.289 e. The standard InChI is InChI=1S/C31H40N4O5/c1-2-3-19-25(29(38)32-21-27(36)31(40)33-24-17-11-6-12-18-24)34-30(39)26(20-22-13-7-4-8-14-22)35-28(37)23-15-9-5-10-16-23/h4-5,7-10,13-16,24-26H,2-3,6,11-12,17-21H2,1H3,(H,32,38)(H,33,40)(H,34,39)(H,35,37)/t25-,26-/m0/s1. The lowest BCUT2D eigenvalue weighted by atomic mass is 9.95. The Bertz CT molecular complexity index is 1130. The van der Waals surface area contributed by atoms with Gasteiger partial charge in [0.15, 0.2) is 0 Å². The largest absolute Gasteiger partial charge is 0.347 e. The maximum atomic E-state index is 13.4. The molecule has 4 N–H and O–H groups in total. The molecule has 4 amide bonds. The third kappa shape index (κ3) is 9.94. The molecule has 0 radical (unpaired) electrons. The van der Waals surface area contributed by atoms with Gasteiger partial charge < -0.3 is 21.3 Å². The molecule has 2 aromatic carbocycles. The van der Waals surface area contributed by atoms with Gasteiger partial charge in [0, 0.05) is 18.0 Å². The van der Waals surface area contributed by atoms with Crippen LogP contribution >= 0.6 is 0 Å². The first-order valence-electron chi connectivity index (χ1n) is 14.2. The molecule has 9 nitrogen and oxygen atoms in total. The quantitative estimate of drug-likeness (QED) is 0.270. The molecule has 0 aromatic heterocycles. The lowest BCUT2D eigenvalue weighted by Gasteiger charge is -2.24. The van der Waals surface area contributed by atoms with E-state index in [-0.39, 0.29) is 12.5 Å². The number of nitrogens with one attached hydrogen (secondary N) is 4. The van der Waals surface area contributed by atoms with E-state index in [4.69, 9.17) is 0 Å². The summed E-state index contributed by atoms with van der Waals surface area (Å²) in [6.45, 7) is 1.52. The Morgan fingerprint density at radius 3 is 2.10 bits per heavy atom. The van der Waals surface area contributed by atoms with Crippen molar-refractivity contribution in [2.75, 3.05) is 6.54 Å². The summed E-state index contributed by atoms with van der Waals surface area (Å²) in [6.07, 6.45) is 6.90. The molecule has 0 heterocycles. The van der Waals surface area contributed by atoms with Crippen LogP contribution < -0.4 is 21.3 Å². The van der Waals surface area contributed by atoms with Crippen molar-refractivity contribution in [2.45, 2.75) is 82.8 Å². The first-order chi connectivity index (χ1) is 19.4. The number of rotatable bonds is 14. The van der Waals surface area contributed by atoms with Crippen molar-refractivity contribution in [1.29, 1.82) is 0 Å². The van der Waals surface area contributed by atoms with Crippen molar-refractivity contribution in [3.05, 3.63) is 71.8 Å². The molecule has 214 valence electrons. The molecule has 0 spiro atoms. The van der Waals surface area contributed by atoms with Gasteiger partial charge >= 0.3 is 0 Å². The van der Waals surface area contributed by atoms with Crippen molar-refractivity contribution in [2.24, 2.45) is 0 Å². The first kappa shape index (κ1) is 30.5. The maximum absolute atomic E-state index is 13.4. The van der Waals surface area contributed by atoms with E-state index in [1.807, 2.05) is 37.3 Å². The van der Waals surface area contributed by atoms with Crippen molar-refractivity contribution in [1.82, 2.24) is 21.3 Å². The fourth-order valence-corrected chi connectivity index (χ4v) is 4.72. The van der Waals surface area contributed by atoms with Crippen LogP contribution in [0.3, 0.4) is 0 Å². The average molecular weight is 549 g/mol. The second-order valence-electron chi connectivity index (χ2n) is 10.2. The molecule has 1 aliphatic carbocycles. The van der Waals surface area contributed by atoms with E-state index in [9.17, 15) is 24.0 Å². The second kappa shape index (κ2) is 16.2. The highest BCUT2D eigenvalue weighted by atomic mass is 16.2. The average Bonchev–Trinajstić information content (AvgIpc) is 2.98. The van der Waals surface area contributed by atoms with Gasteiger partial charge in [0.2, 0.25) is 17.6 Å². The summed E-state index contributed by atoms with van der Waals surface area (Å²) in [5.74, 6) is -2.88. The molecule has 0 unspecified atom stereocenters. The van der Waals surface area contributed by atoms with Crippen molar-refractivity contribution in [3.8, 4) is 0 Å². The van der Waals surface area contributed by atoms with E-state index >= 15 is 0 Å². The minimum absolute atomic E-state index is 0.00913. The van der Waals surface area contributed by atoms with Gasteiger partial charge in [0.25, 0.3) is 11.8 Å². The molecule has 0 bridgehead atoms. The van der Waals surface area contributed by atoms with Crippen LogP contribution in [-0.2, 0) is 25.6 Å². The third-order valence-corrected chi connectivity index (χ3v) is 7.04. The number of carbonyl (C=O) groups is 5. The van der Waals surface area contributed by atoms with Crippen LogP contribution in [0.4, 0.5) is 0 Å². The lowest BCUT2D eigenvalue weighted by Crippen LogP contribution is -2.55. The van der Waals surface area contributed by atoms with Crippen molar-refractivity contribution >= 4 is 29.4 Å². The summed E-state index contributed by atoms with van der Waals surface area (Å²) in [6, 6.07) is 16.0. The Labute approximate surface area is 235 Å². The summed E-state index contributed by atoms with van der Waals surface area (Å²) in [7, 11) is 0. The maximum Gasteiger partial charge on any atom is 0.289 e. The molecule has 2 aromatic rings. The minimum atomic E-state index is -0.935. The zero-order chi connectivity index (χ0) is 28.7.